The van der Waals surface area contributed by atoms with E-state index in [0.29, 0.717) is 6.54 Å². The lowest BCUT2D eigenvalue weighted by Crippen LogP contribution is -2.55. The molecule has 1 amide bonds. The van der Waals surface area contributed by atoms with Crippen LogP contribution in [-0.4, -0.2) is 44.6 Å². The molecule has 3 aromatic heterocycles. The van der Waals surface area contributed by atoms with Crippen molar-refractivity contribution in [3.63, 3.8) is 0 Å². The molecule has 1 saturated heterocycles. The number of likely N-dealkylation sites (tertiary alicyclic amines) is 1. The summed E-state index contributed by atoms with van der Waals surface area (Å²) in [4.78, 5) is 28.8. The van der Waals surface area contributed by atoms with Crippen LogP contribution in [0.4, 0.5) is 4.79 Å². The highest BCUT2D eigenvalue weighted by Gasteiger charge is 2.55. The summed E-state index contributed by atoms with van der Waals surface area (Å²) in [5.74, 6) is 0. The molecule has 2 aliphatic rings. The molecule has 0 saturated carbocycles. The number of benzene rings is 1. The molecule has 4 aromatic rings. The summed E-state index contributed by atoms with van der Waals surface area (Å²) < 4.78 is 6.08. The van der Waals surface area contributed by atoms with Crippen molar-refractivity contribution < 1.29 is 9.53 Å². The Morgan fingerprint density at radius 3 is 2.63 bits per heavy atom. The number of aromatic amines is 1. The molecule has 1 aromatic carbocycles. The van der Waals surface area contributed by atoms with E-state index in [0.717, 1.165) is 60.1 Å². The van der Waals surface area contributed by atoms with Crippen LogP contribution in [0.5, 0.6) is 0 Å². The largest absolute Gasteiger partial charge is 0.444 e. The van der Waals surface area contributed by atoms with Gasteiger partial charge in [-0.2, -0.15) is 0 Å². The maximum Gasteiger partial charge on any atom is 0.411 e. The number of H-pyrrole nitrogens is 1. The highest BCUT2D eigenvalue weighted by molar-refractivity contribution is 5.85. The van der Waals surface area contributed by atoms with Crippen molar-refractivity contribution in [3.05, 3.63) is 82.9 Å². The van der Waals surface area contributed by atoms with Crippen molar-refractivity contribution in [2.24, 2.45) is 5.41 Å². The normalized spacial score (nSPS) is 20.8. The number of hydrogen-bond donors (Lipinski definition) is 2. The summed E-state index contributed by atoms with van der Waals surface area (Å²) in [6.45, 7) is 16.3. The first-order valence-electron chi connectivity index (χ1n) is 15.6. The van der Waals surface area contributed by atoms with Crippen molar-refractivity contribution in [2.45, 2.75) is 91.3 Å². The molecule has 5 heterocycles. The molecule has 2 aliphatic heterocycles. The Labute approximate surface area is 255 Å². The quantitative estimate of drug-likeness (QED) is 0.260. The van der Waals surface area contributed by atoms with Gasteiger partial charge < -0.3 is 15.0 Å². The van der Waals surface area contributed by atoms with Gasteiger partial charge in [-0.1, -0.05) is 32.9 Å². The van der Waals surface area contributed by atoms with Crippen LogP contribution in [-0.2, 0) is 23.1 Å². The molecular weight excluding hydrogens is 534 g/mol. The number of aryl methyl sites for hydroxylation is 1. The Balaban J connectivity index is 1.59. The molecule has 0 bridgehead atoms. The monoisotopic (exact) mass is 579 g/mol. The Morgan fingerprint density at radius 1 is 1.09 bits per heavy atom. The average Bonchev–Trinajstić information content (AvgIpc) is 3.57. The van der Waals surface area contributed by atoms with E-state index in [1.807, 2.05) is 50.3 Å². The number of carbonyl (C=O) groups is 1. The molecule has 0 radical (unpaired) electrons. The predicted octanol–water partition coefficient (Wildman–Crippen LogP) is 7.64. The lowest BCUT2D eigenvalue weighted by Gasteiger charge is -2.50. The minimum Gasteiger partial charge on any atom is -0.444 e. The minimum absolute atomic E-state index is 0.0792. The van der Waals surface area contributed by atoms with Gasteiger partial charge in [0, 0.05) is 54.2 Å². The fourth-order valence-electron chi connectivity index (χ4n) is 7.37. The second-order valence-electron chi connectivity index (χ2n) is 14.3. The highest BCUT2D eigenvalue weighted by Crippen LogP contribution is 2.55. The second kappa shape index (κ2) is 10.8. The number of rotatable bonds is 4. The lowest BCUT2D eigenvalue weighted by molar-refractivity contribution is -0.0229. The highest BCUT2D eigenvalue weighted by atomic mass is 16.6. The topological polar surface area (TPSA) is 83.1 Å². The fraction of sp³-hybridized carbons (Fsp3) is 0.472. The molecule has 2 atom stereocenters. The van der Waals surface area contributed by atoms with Gasteiger partial charge in [0.2, 0.25) is 0 Å². The van der Waals surface area contributed by atoms with Crippen molar-refractivity contribution >= 4 is 17.1 Å². The van der Waals surface area contributed by atoms with Gasteiger partial charge in [0.1, 0.15) is 11.2 Å². The molecule has 2 unspecified atom stereocenters. The first kappa shape index (κ1) is 29.4. The van der Waals surface area contributed by atoms with Crippen molar-refractivity contribution in [1.29, 1.82) is 0 Å². The van der Waals surface area contributed by atoms with E-state index >= 15 is 0 Å². The Bertz CT molecular complexity index is 1650. The van der Waals surface area contributed by atoms with Crippen LogP contribution in [0, 0.1) is 12.3 Å². The van der Waals surface area contributed by atoms with E-state index in [1.165, 1.54) is 22.3 Å². The summed E-state index contributed by atoms with van der Waals surface area (Å²) in [5, 5.41) is 4.97. The van der Waals surface area contributed by atoms with E-state index in [-0.39, 0.29) is 17.6 Å². The Morgan fingerprint density at radius 2 is 1.91 bits per heavy atom. The van der Waals surface area contributed by atoms with Gasteiger partial charge in [0.15, 0.2) is 0 Å². The molecule has 43 heavy (non-hydrogen) atoms. The Kier molecular flexibility index (Phi) is 7.36. The van der Waals surface area contributed by atoms with Crippen molar-refractivity contribution in [1.82, 2.24) is 25.2 Å². The Hall–Kier alpha value is -3.71. The molecule has 6 rings (SSSR count). The maximum atomic E-state index is 14.0. The molecular formula is C36H45N5O2. The molecule has 7 nitrogen and oxygen atoms in total. The molecule has 0 spiro atoms. The number of nitrogens with one attached hydrogen (secondary N) is 2. The van der Waals surface area contributed by atoms with Gasteiger partial charge in [-0.25, -0.2) is 9.78 Å². The smallest absolute Gasteiger partial charge is 0.411 e. The number of amides is 1. The zero-order valence-corrected chi connectivity index (χ0v) is 26.7. The second-order valence-corrected chi connectivity index (χ2v) is 14.3. The van der Waals surface area contributed by atoms with Gasteiger partial charge in [0.25, 0.3) is 0 Å². The average molecular weight is 580 g/mol. The van der Waals surface area contributed by atoms with E-state index in [1.54, 1.807) is 0 Å². The molecule has 1 fully saturated rings. The summed E-state index contributed by atoms with van der Waals surface area (Å²) in [5.41, 5.74) is 7.82. The fourth-order valence-corrected chi connectivity index (χ4v) is 7.37. The lowest BCUT2D eigenvalue weighted by atomic mass is 9.64. The maximum absolute atomic E-state index is 14.0. The van der Waals surface area contributed by atoms with Crippen LogP contribution in [0.3, 0.4) is 0 Å². The number of pyridine rings is 2. The minimum atomic E-state index is -0.580. The van der Waals surface area contributed by atoms with Gasteiger partial charge >= 0.3 is 6.09 Å². The third-order valence-electron chi connectivity index (χ3n) is 9.29. The van der Waals surface area contributed by atoms with Crippen LogP contribution < -0.4 is 5.32 Å². The number of hydrogen-bond acceptors (Lipinski definition) is 5. The number of carbonyl (C=O) groups excluding carboxylic acids is 1. The first-order valence-corrected chi connectivity index (χ1v) is 15.6. The third-order valence-corrected chi connectivity index (χ3v) is 9.29. The van der Waals surface area contributed by atoms with Gasteiger partial charge in [-0.15, -0.1) is 0 Å². The zero-order chi connectivity index (χ0) is 30.6. The number of aromatic nitrogens is 3. The van der Waals surface area contributed by atoms with Gasteiger partial charge in [0.05, 0.1) is 5.54 Å². The molecule has 0 aliphatic carbocycles. The third kappa shape index (κ3) is 5.33. The zero-order valence-electron chi connectivity index (χ0n) is 26.7. The SMILES string of the molecule is Cc1c[nH]c2ncc(-c3cc4c(c(C5(C(C)(C)C)CCCN5C(=O)OC(C)(C)C)c3)C(Cc3ccccn3)NCC4)cc12. The molecule has 2 N–H and O–H groups in total. The number of fused-ring (bicyclic) bond motifs is 2. The predicted molar refractivity (Wildman–Crippen MR) is 172 cm³/mol. The van der Waals surface area contributed by atoms with Crippen LogP contribution >= 0.6 is 0 Å². The standard InChI is InChI=1S/C36H45N5O2/c1-23-21-39-32-28(23)18-26(22-40-32)25-17-24-12-15-38-30(20-27-11-8-9-14-37-27)31(24)29(19-25)36(34(2,3)4)13-10-16-41(36)33(42)43-35(5,6)7/h8-9,11,14,17-19,21-22,30,38H,10,12-13,15-16,20H2,1-7H3,(H,39,40). The number of nitrogens with zero attached hydrogens (tertiary/aromatic N) is 3. The summed E-state index contributed by atoms with van der Waals surface area (Å²) in [7, 11) is 0. The van der Waals surface area contributed by atoms with Crippen LogP contribution in [0.2, 0.25) is 0 Å². The van der Waals surface area contributed by atoms with Crippen molar-refractivity contribution in [3.8, 4) is 11.1 Å². The summed E-state index contributed by atoms with van der Waals surface area (Å²) in [6.07, 6.45) is 9.10. The van der Waals surface area contributed by atoms with Gasteiger partial charge in [-0.3, -0.25) is 9.88 Å². The van der Waals surface area contributed by atoms with Crippen LogP contribution in [0.25, 0.3) is 22.2 Å². The molecule has 226 valence electrons. The van der Waals surface area contributed by atoms with E-state index in [4.69, 9.17) is 9.72 Å². The first-order chi connectivity index (χ1) is 20.4. The molecule has 7 heteroatoms. The van der Waals surface area contributed by atoms with E-state index < -0.39 is 11.1 Å². The number of ether oxygens (including phenoxy) is 1. The summed E-state index contributed by atoms with van der Waals surface area (Å²) in [6, 6.07) is 13.2. The van der Waals surface area contributed by atoms with Crippen LogP contribution in [0.15, 0.2) is 55.0 Å². The van der Waals surface area contributed by atoms with Gasteiger partial charge in [-0.05, 0) is 111 Å². The van der Waals surface area contributed by atoms with E-state index in [9.17, 15) is 4.79 Å². The van der Waals surface area contributed by atoms with Crippen LogP contribution in [0.1, 0.15) is 88.4 Å². The summed E-state index contributed by atoms with van der Waals surface area (Å²) >= 11 is 0. The van der Waals surface area contributed by atoms with E-state index in [2.05, 4.69) is 73.3 Å². The van der Waals surface area contributed by atoms with Crippen molar-refractivity contribution in [2.75, 3.05) is 13.1 Å².